The summed E-state index contributed by atoms with van der Waals surface area (Å²) in [5.41, 5.74) is -0.658. The molecule has 0 saturated heterocycles. The summed E-state index contributed by atoms with van der Waals surface area (Å²) < 4.78 is 0. The maximum absolute atomic E-state index is 10.7. The van der Waals surface area contributed by atoms with Crippen LogP contribution in [0, 0.1) is 6.92 Å². The molecule has 12 heavy (non-hydrogen) atoms. The van der Waals surface area contributed by atoms with Crippen molar-refractivity contribution in [1.82, 2.24) is 4.98 Å². The van der Waals surface area contributed by atoms with Crippen molar-refractivity contribution >= 4 is 5.97 Å². The molecule has 0 amide bonds. The van der Waals surface area contributed by atoms with Crippen molar-refractivity contribution in [2.75, 3.05) is 0 Å². The van der Waals surface area contributed by atoms with Gasteiger partial charge in [-0.3, -0.25) is 9.78 Å². The summed E-state index contributed by atoms with van der Waals surface area (Å²) in [6, 6.07) is 0.928. The molecular formula is C7H7NO4. The highest BCUT2D eigenvalue weighted by Crippen LogP contribution is 2.13. The Morgan fingerprint density at radius 1 is 1.58 bits per heavy atom. The van der Waals surface area contributed by atoms with Gasteiger partial charge in [-0.2, -0.15) is 0 Å². The molecule has 0 fully saturated rings. The van der Waals surface area contributed by atoms with E-state index in [2.05, 4.69) is 4.98 Å². The monoisotopic (exact) mass is 169 g/mol. The van der Waals surface area contributed by atoms with Crippen LogP contribution < -0.4 is 5.56 Å². The van der Waals surface area contributed by atoms with Gasteiger partial charge < -0.3 is 10.2 Å². The number of aromatic carboxylic acids is 1. The molecule has 5 nitrogen and oxygen atoms in total. The minimum Gasteiger partial charge on any atom is -0.494 e. The predicted molar refractivity (Wildman–Crippen MR) is 40.4 cm³/mol. The van der Waals surface area contributed by atoms with E-state index >= 15 is 0 Å². The van der Waals surface area contributed by atoms with E-state index in [0.29, 0.717) is 0 Å². The van der Waals surface area contributed by atoms with Crippen molar-refractivity contribution in [3.05, 3.63) is 27.5 Å². The molecule has 3 N–H and O–H groups in total. The summed E-state index contributed by atoms with van der Waals surface area (Å²) >= 11 is 0. The number of rotatable bonds is 1. The largest absolute Gasteiger partial charge is 0.494 e. The van der Waals surface area contributed by atoms with Crippen molar-refractivity contribution in [1.29, 1.82) is 0 Å². The van der Waals surface area contributed by atoms with Crippen LogP contribution in [-0.2, 0) is 0 Å². The molecule has 0 saturated carbocycles. The van der Waals surface area contributed by atoms with Gasteiger partial charge in [-0.25, -0.2) is 4.79 Å². The minimum atomic E-state index is -1.23. The van der Waals surface area contributed by atoms with Crippen LogP contribution in [0.15, 0.2) is 10.9 Å². The van der Waals surface area contributed by atoms with Gasteiger partial charge in [-0.1, -0.05) is 0 Å². The number of aromatic amines is 1. The fourth-order valence-electron chi connectivity index (χ4n) is 0.836. The molecule has 0 unspecified atom stereocenters. The van der Waals surface area contributed by atoms with Gasteiger partial charge >= 0.3 is 5.97 Å². The molecule has 1 heterocycles. The number of aromatic nitrogens is 1. The molecule has 1 aromatic rings. The highest BCUT2D eigenvalue weighted by Gasteiger charge is 2.11. The van der Waals surface area contributed by atoms with Crippen LogP contribution in [0.25, 0.3) is 0 Å². The number of H-pyrrole nitrogens is 1. The molecular weight excluding hydrogens is 162 g/mol. The number of nitrogens with one attached hydrogen (secondary N) is 1. The van der Waals surface area contributed by atoms with E-state index in [1.54, 1.807) is 0 Å². The Hall–Kier alpha value is -1.78. The number of aromatic hydroxyl groups is 1. The van der Waals surface area contributed by atoms with Gasteiger partial charge in [0.25, 0.3) is 5.56 Å². The Balaban J connectivity index is 3.48. The average Bonchev–Trinajstić information content (AvgIpc) is 1.96. The molecule has 0 aromatic carbocycles. The molecule has 0 radical (unpaired) electrons. The van der Waals surface area contributed by atoms with Crippen molar-refractivity contribution in [2.45, 2.75) is 6.92 Å². The average molecular weight is 169 g/mol. The van der Waals surface area contributed by atoms with E-state index in [1.807, 2.05) is 0 Å². The van der Waals surface area contributed by atoms with Crippen molar-refractivity contribution in [3.8, 4) is 5.88 Å². The van der Waals surface area contributed by atoms with Crippen molar-refractivity contribution in [2.24, 2.45) is 0 Å². The number of carboxylic acids is 1. The smallest absolute Gasteiger partial charge is 0.336 e. The summed E-state index contributed by atoms with van der Waals surface area (Å²) in [5, 5.41) is 17.6. The molecule has 0 atom stereocenters. The Kier molecular flexibility index (Phi) is 1.86. The van der Waals surface area contributed by atoms with Gasteiger partial charge in [0.05, 0.1) is 5.56 Å². The number of hydrogen-bond donors (Lipinski definition) is 3. The van der Waals surface area contributed by atoms with Crippen LogP contribution in [0.3, 0.4) is 0 Å². The van der Waals surface area contributed by atoms with Crippen molar-refractivity contribution < 1.29 is 15.0 Å². The normalized spacial score (nSPS) is 9.75. The lowest BCUT2D eigenvalue weighted by molar-refractivity contribution is 0.0695. The topological polar surface area (TPSA) is 90.4 Å². The molecule has 0 aliphatic heterocycles. The van der Waals surface area contributed by atoms with Crippen LogP contribution >= 0.6 is 0 Å². The van der Waals surface area contributed by atoms with E-state index in [0.717, 1.165) is 6.07 Å². The first-order valence-corrected chi connectivity index (χ1v) is 3.18. The quantitative estimate of drug-likeness (QED) is 0.555. The molecule has 0 aliphatic carbocycles. The third kappa shape index (κ3) is 1.29. The first-order chi connectivity index (χ1) is 5.52. The van der Waals surface area contributed by atoms with Gasteiger partial charge in [0.15, 0.2) is 5.88 Å². The molecule has 5 heteroatoms. The van der Waals surface area contributed by atoms with Gasteiger partial charge in [0, 0.05) is 11.6 Å². The van der Waals surface area contributed by atoms with Gasteiger partial charge in [0.2, 0.25) is 0 Å². The zero-order valence-electron chi connectivity index (χ0n) is 6.29. The standard InChI is InChI=1S/C7H7NO4/c1-3-4(7(11)12)2-5(9)8-6(3)10/h2H,1H3,(H,11,12)(H2,8,9,10). The van der Waals surface area contributed by atoms with Gasteiger partial charge in [-0.05, 0) is 6.92 Å². The van der Waals surface area contributed by atoms with Crippen LogP contribution in [-0.4, -0.2) is 21.2 Å². The Morgan fingerprint density at radius 3 is 2.67 bits per heavy atom. The molecule has 0 bridgehead atoms. The molecule has 1 aromatic heterocycles. The van der Waals surface area contributed by atoms with Crippen LogP contribution in [0.1, 0.15) is 15.9 Å². The fraction of sp³-hybridized carbons (Fsp3) is 0.143. The van der Waals surface area contributed by atoms with E-state index in [-0.39, 0.29) is 11.1 Å². The SMILES string of the molecule is Cc1c(C(=O)O)cc(=O)[nH]c1O. The first-order valence-electron chi connectivity index (χ1n) is 3.18. The third-order valence-corrected chi connectivity index (χ3v) is 1.51. The summed E-state index contributed by atoms with van der Waals surface area (Å²) in [6.45, 7) is 1.41. The lowest BCUT2D eigenvalue weighted by atomic mass is 10.1. The van der Waals surface area contributed by atoms with Gasteiger partial charge in [-0.15, -0.1) is 0 Å². The van der Waals surface area contributed by atoms with Gasteiger partial charge in [0.1, 0.15) is 0 Å². The van der Waals surface area contributed by atoms with E-state index in [9.17, 15) is 9.59 Å². The number of pyridine rings is 1. The number of carboxylic acid groups (broad SMARTS) is 1. The van der Waals surface area contributed by atoms with E-state index in [4.69, 9.17) is 10.2 Å². The van der Waals surface area contributed by atoms with Crippen LogP contribution in [0.4, 0.5) is 0 Å². The van der Waals surface area contributed by atoms with Crippen LogP contribution in [0.2, 0.25) is 0 Å². The Morgan fingerprint density at radius 2 is 2.17 bits per heavy atom. The summed E-state index contributed by atoms with van der Waals surface area (Å²) in [4.78, 5) is 23.2. The maximum atomic E-state index is 10.7. The second kappa shape index (κ2) is 2.69. The minimum absolute atomic E-state index is 0.155. The van der Waals surface area contributed by atoms with E-state index < -0.39 is 17.4 Å². The third-order valence-electron chi connectivity index (χ3n) is 1.51. The highest BCUT2D eigenvalue weighted by molar-refractivity contribution is 5.89. The lowest BCUT2D eigenvalue weighted by Crippen LogP contribution is -2.11. The first kappa shape index (κ1) is 8.32. The summed E-state index contributed by atoms with van der Waals surface area (Å²) in [6.07, 6.45) is 0. The summed E-state index contributed by atoms with van der Waals surface area (Å²) in [7, 11) is 0. The predicted octanol–water partition coefficient (Wildman–Crippen LogP) is 0.0871. The Bertz CT molecular complexity index is 379. The van der Waals surface area contributed by atoms with Crippen LogP contribution in [0.5, 0.6) is 5.88 Å². The summed E-state index contributed by atoms with van der Waals surface area (Å²) in [5.74, 6) is -1.63. The zero-order valence-corrected chi connectivity index (χ0v) is 6.29. The van der Waals surface area contributed by atoms with Crippen molar-refractivity contribution in [3.63, 3.8) is 0 Å². The molecule has 0 spiro atoms. The lowest BCUT2D eigenvalue weighted by Gasteiger charge is -2.00. The maximum Gasteiger partial charge on any atom is 0.336 e. The second-order valence-corrected chi connectivity index (χ2v) is 2.33. The zero-order chi connectivity index (χ0) is 9.30. The molecule has 0 aliphatic rings. The Labute approximate surface area is 67.3 Å². The highest BCUT2D eigenvalue weighted by atomic mass is 16.4. The fourth-order valence-corrected chi connectivity index (χ4v) is 0.836. The number of hydrogen-bond acceptors (Lipinski definition) is 3. The molecule has 1 rings (SSSR count). The number of carbonyl (C=O) groups is 1. The second-order valence-electron chi connectivity index (χ2n) is 2.33. The van der Waals surface area contributed by atoms with E-state index in [1.165, 1.54) is 6.92 Å². The molecule has 64 valence electrons.